The molecule has 0 saturated heterocycles. The number of carbonyl (C=O) groups is 1. The summed E-state index contributed by atoms with van der Waals surface area (Å²) in [6.45, 7) is 1.93. The van der Waals surface area contributed by atoms with Crippen LogP contribution in [0.15, 0.2) is 0 Å². The zero-order chi connectivity index (χ0) is 10.4. The van der Waals surface area contributed by atoms with Crippen molar-refractivity contribution in [1.29, 1.82) is 0 Å². The van der Waals surface area contributed by atoms with Crippen LogP contribution in [0, 0.1) is 5.92 Å². The first-order chi connectivity index (χ1) is 6.74. The minimum Gasteiger partial charge on any atom is -0.468 e. The molecule has 0 aliphatic heterocycles. The van der Waals surface area contributed by atoms with E-state index in [2.05, 4.69) is 0 Å². The molecule has 0 radical (unpaired) electrons. The summed E-state index contributed by atoms with van der Waals surface area (Å²) in [5.41, 5.74) is 0. The van der Waals surface area contributed by atoms with Crippen LogP contribution in [0.25, 0.3) is 0 Å². The lowest BCUT2D eigenvalue weighted by Gasteiger charge is -2.22. The molecule has 1 fully saturated rings. The van der Waals surface area contributed by atoms with Crippen LogP contribution in [0.2, 0.25) is 0 Å². The first kappa shape index (κ1) is 11.9. The molecule has 0 aromatic heterocycles. The number of rotatable bonds is 4. The number of carbonyl (C=O) groups excluding carboxylic acids is 1. The van der Waals surface area contributed by atoms with Crippen molar-refractivity contribution in [2.45, 2.75) is 44.3 Å². The smallest absolute Gasteiger partial charge is 0.318 e. The molecule has 0 amide bonds. The fraction of sp³-hybridized carbons (Fsp3) is 0.909. The third-order valence-corrected chi connectivity index (χ3v) is 4.20. The summed E-state index contributed by atoms with van der Waals surface area (Å²) in [7, 11) is 1.46. The summed E-state index contributed by atoms with van der Waals surface area (Å²) in [6.07, 6.45) is 6.84. The molecule has 82 valence electrons. The Morgan fingerprint density at radius 2 is 2.07 bits per heavy atom. The van der Waals surface area contributed by atoms with Gasteiger partial charge in [-0.15, -0.1) is 11.8 Å². The molecular weight excluding hydrogens is 196 g/mol. The van der Waals surface area contributed by atoms with Gasteiger partial charge in [0.1, 0.15) is 0 Å². The standard InChI is InChI=1S/C11H20O2S/c1-9(11(12)13-2)14-8-10-6-4-3-5-7-10/h9-10H,3-8H2,1-2H3. The van der Waals surface area contributed by atoms with Gasteiger partial charge in [-0.2, -0.15) is 0 Å². The summed E-state index contributed by atoms with van der Waals surface area (Å²) in [6, 6.07) is 0. The van der Waals surface area contributed by atoms with Gasteiger partial charge in [-0.25, -0.2) is 0 Å². The average molecular weight is 216 g/mol. The van der Waals surface area contributed by atoms with Gasteiger partial charge in [0.25, 0.3) is 0 Å². The maximum atomic E-state index is 11.1. The van der Waals surface area contributed by atoms with Gasteiger partial charge in [-0.05, 0) is 31.4 Å². The lowest BCUT2D eigenvalue weighted by molar-refractivity contribution is -0.139. The number of thioether (sulfide) groups is 1. The first-order valence-corrected chi connectivity index (χ1v) is 6.48. The van der Waals surface area contributed by atoms with E-state index in [0.29, 0.717) is 0 Å². The van der Waals surface area contributed by atoms with Gasteiger partial charge >= 0.3 is 5.97 Å². The number of hydrogen-bond acceptors (Lipinski definition) is 3. The van der Waals surface area contributed by atoms with E-state index in [-0.39, 0.29) is 11.2 Å². The van der Waals surface area contributed by atoms with Crippen molar-refractivity contribution >= 4 is 17.7 Å². The van der Waals surface area contributed by atoms with E-state index >= 15 is 0 Å². The molecule has 0 heterocycles. The van der Waals surface area contributed by atoms with Crippen LogP contribution < -0.4 is 0 Å². The maximum absolute atomic E-state index is 11.1. The Bertz CT molecular complexity index is 176. The molecule has 1 rings (SSSR count). The van der Waals surface area contributed by atoms with Crippen molar-refractivity contribution in [1.82, 2.24) is 0 Å². The van der Waals surface area contributed by atoms with E-state index in [1.54, 1.807) is 11.8 Å². The van der Waals surface area contributed by atoms with Crippen molar-refractivity contribution in [3.63, 3.8) is 0 Å². The largest absolute Gasteiger partial charge is 0.468 e. The molecule has 0 aromatic carbocycles. The highest BCUT2D eigenvalue weighted by molar-refractivity contribution is 8.00. The predicted octanol–water partition coefficient (Wildman–Crippen LogP) is 2.86. The van der Waals surface area contributed by atoms with Gasteiger partial charge in [-0.1, -0.05) is 19.3 Å². The Kier molecular flexibility index (Phi) is 5.38. The van der Waals surface area contributed by atoms with Crippen LogP contribution in [0.5, 0.6) is 0 Å². The third-order valence-electron chi connectivity index (χ3n) is 2.84. The van der Waals surface area contributed by atoms with E-state index in [1.165, 1.54) is 39.2 Å². The van der Waals surface area contributed by atoms with Crippen LogP contribution >= 0.6 is 11.8 Å². The Morgan fingerprint density at radius 1 is 1.43 bits per heavy atom. The number of hydrogen-bond donors (Lipinski definition) is 0. The van der Waals surface area contributed by atoms with Crippen molar-refractivity contribution in [3.05, 3.63) is 0 Å². The van der Waals surface area contributed by atoms with Gasteiger partial charge in [-0.3, -0.25) is 4.79 Å². The zero-order valence-corrected chi connectivity index (χ0v) is 9.94. The monoisotopic (exact) mass is 216 g/mol. The highest BCUT2D eigenvalue weighted by atomic mass is 32.2. The molecule has 1 saturated carbocycles. The second-order valence-corrected chi connectivity index (χ2v) is 5.38. The summed E-state index contributed by atoms with van der Waals surface area (Å²) in [5, 5.41) is 0.00178. The third kappa shape index (κ3) is 3.91. The normalized spacial score (nSPS) is 20.4. The summed E-state index contributed by atoms with van der Waals surface area (Å²) >= 11 is 1.74. The first-order valence-electron chi connectivity index (χ1n) is 5.43. The van der Waals surface area contributed by atoms with Crippen LogP contribution in [-0.4, -0.2) is 24.1 Å². The van der Waals surface area contributed by atoms with Crippen molar-refractivity contribution in [3.8, 4) is 0 Å². The molecule has 0 N–H and O–H groups in total. The molecular formula is C11H20O2S. The second kappa shape index (κ2) is 6.33. The van der Waals surface area contributed by atoms with Crippen LogP contribution in [0.1, 0.15) is 39.0 Å². The van der Waals surface area contributed by atoms with Crippen molar-refractivity contribution < 1.29 is 9.53 Å². The van der Waals surface area contributed by atoms with E-state index in [0.717, 1.165) is 11.7 Å². The molecule has 1 atom stereocenters. The molecule has 3 heteroatoms. The van der Waals surface area contributed by atoms with Crippen LogP contribution in [0.3, 0.4) is 0 Å². The summed E-state index contributed by atoms with van der Waals surface area (Å²) in [5.74, 6) is 1.86. The fourth-order valence-electron chi connectivity index (χ4n) is 1.87. The van der Waals surface area contributed by atoms with E-state index < -0.39 is 0 Å². The Morgan fingerprint density at radius 3 is 2.64 bits per heavy atom. The van der Waals surface area contributed by atoms with Gasteiger partial charge in [0.2, 0.25) is 0 Å². The van der Waals surface area contributed by atoms with Gasteiger partial charge < -0.3 is 4.74 Å². The van der Waals surface area contributed by atoms with E-state index in [4.69, 9.17) is 4.74 Å². The number of ether oxygens (including phenoxy) is 1. The lowest BCUT2D eigenvalue weighted by atomic mass is 9.91. The highest BCUT2D eigenvalue weighted by Gasteiger charge is 2.18. The second-order valence-electron chi connectivity index (χ2n) is 4.00. The summed E-state index contributed by atoms with van der Waals surface area (Å²) < 4.78 is 4.69. The zero-order valence-electron chi connectivity index (χ0n) is 9.12. The Labute approximate surface area is 90.8 Å². The molecule has 0 aromatic rings. The minimum absolute atomic E-state index is 0.00178. The molecule has 1 aliphatic rings. The molecule has 1 unspecified atom stereocenters. The SMILES string of the molecule is COC(=O)C(C)SCC1CCCCC1. The minimum atomic E-state index is -0.0918. The van der Waals surface area contributed by atoms with Crippen LogP contribution in [-0.2, 0) is 9.53 Å². The lowest BCUT2D eigenvalue weighted by Crippen LogP contribution is -2.18. The molecule has 2 nitrogen and oxygen atoms in total. The predicted molar refractivity (Wildman–Crippen MR) is 60.5 cm³/mol. The molecule has 1 aliphatic carbocycles. The number of methoxy groups -OCH3 is 1. The quantitative estimate of drug-likeness (QED) is 0.676. The molecule has 14 heavy (non-hydrogen) atoms. The average Bonchev–Trinajstić information content (AvgIpc) is 2.26. The van der Waals surface area contributed by atoms with Crippen molar-refractivity contribution in [2.75, 3.05) is 12.9 Å². The molecule has 0 spiro atoms. The van der Waals surface area contributed by atoms with Crippen LogP contribution in [0.4, 0.5) is 0 Å². The van der Waals surface area contributed by atoms with Gasteiger partial charge in [0.05, 0.1) is 12.4 Å². The van der Waals surface area contributed by atoms with Gasteiger partial charge in [0.15, 0.2) is 0 Å². The number of esters is 1. The fourth-order valence-corrected chi connectivity index (χ4v) is 2.99. The van der Waals surface area contributed by atoms with E-state index in [9.17, 15) is 4.79 Å². The summed E-state index contributed by atoms with van der Waals surface area (Å²) in [4.78, 5) is 11.1. The topological polar surface area (TPSA) is 26.3 Å². The van der Waals surface area contributed by atoms with E-state index in [1.807, 2.05) is 6.92 Å². The Hall–Kier alpha value is -0.180. The van der Waals surface area contributed by atoms with Gasteiger partial charge in [0, 0.05) is 0 Å². The van der Waals surface area contributed by atoms with Crippen molar-refractivity contribution in [2.24, 2.45) is 5.92 Å². The maximum Gasteiger partial charge on any atom is 0.318 e. The molecule has 0 bridgehead atoms. The highest BCUT2D eigenvalue weighted by Crippen LogP contribution is 2.28. The Balaban J connectivity index is 2.15.